The molecule has 2 heterocycles. The molecule has 0 aliphatic heterocycles. The molecule has 1 aliphatic rings. The molecule has 0 unspecified atom stereocenters. The zero-order chi connectivity index (χ0) is 14.1. The molecule has 0 aromatic carbocycles. The van der Waals surface area contributed by atoms with Crippen LogP contribution in [0.3, 0.4) is 0 Å². The second-order valence-electron chi connectivity index (χ2n) is 5.19. The topological polar surface area (TPSA) is 56.5 Å². The van der Waals surface area contributed by atoms with E-state index in [0.717, 1.165) is 27.7 Å². The smallest absolute Gasteiger partial charge is 0.198 e. The third-order valence-electron chi connectivity index (χ3n) is 3.12. The quantitative estimate of drug-likeness (QED) is 0.765. The summed E-state index contributed by atoms with van der Waals surface area (Å²) in [6, 6.07) is 0. The van der Waals surface area contributed by atoms with Gasteiger partial charge in [-0.25, -0.2) is 4.98 Å². The van der Waals surface area contributed by atoms with Gasteiger partial charge in [-0.3, -0.25) is 0 Å². The summed E-state index contributed by atoms with van der Waals surface area (Å²) in [7, 11) is 0. The molecule has 0 bridgehead atoms. The predicted octanol–water partition coefficient (Wildman–Crippen LogP) is 3.47. The van der Waals surface area contributed by atoms with E-state index in [1.165, 1.54) is 24.4 Å². The van der Waals surface area contributed by atoms with Crippen molar-refractivity contribution in [2.75, 3.05) is 0 Å². The van der Waals surface area contributed by atoms with E-state index in [4.69, 9.17) is 0 Å². The van der Waals surface area contributed by atoms with E-state index < -0.39 is 0 Å². The molecule has 0 saturated heterocycles. The fourth-order valence-electron chi connectivity index (χ4n) is 1.89. The summed E-state index contributed by atoms with van der Waals surface area (Å²) in [5.41, 5.74) is 0. The van der Waals surface area contributed by atoms with Crippen molar-refractivity contribution in [3.8, 4) is 0 Å². The first-order chi connectivity index (χ1) is 9.69. The predicted molar refractivity (Wildman–Crippen MR) is 80.3 cm³/mol. The monoisotopic (exact) mass is 307 g/mol. The number of nitrogens with zero attached hydrogens (tertiary/aromatic N) is 5. The Morgan fingerprint density at radius 2 is 2.25 bits per heavy atom. The van der Waals surface area contributed by atoms with E-state index in [0.29, 0.717) is 11.8 Å². The van der Waals surface area contributed by atoms with Gasteiger partial charge in [0.1, 0.15) is 11.6 Å². The van der Waals surface area contributed by atoms with Crippen molar-refractivity contribution >= 4 is 23.3 Å². The summed E-state index contributed by atoms with van der Waals surface area (Å²) < 4.78 is 7.44. The fraction of sp³-hybridized carbons (Fsp3) is 0.538. The summed E-state index contributed by atoms with van der Waals surface area (Å²) in [5, 5.41) is 9.54. The molecule has 3 rings (SSSR count). The van der Waals surface area contributed by atoms with Gasteiger partial charge in [0.15, 0.2) is 9.50 Å². The molecule has 0 atom stereocenters. The van der Waals surface area contributed by atoms with Crippen LogP contribution in [-0.4, -0.2) is 24.1 Å². The standard InChI is InChI=1S/C13H17N5S2/c1-4-7-18-11(9-5-6-9)15-16-12(18)19-13-14-10(8(2)3)17-20-13/h4,8-9H,1,5-7H2,2-3H3. The van der Waals surface area contributed by atoms with Crippen molar-refractivity contribution < 1.29 is 0 Å². The minimum atomic E-state index is 0.355. The number of allylic oxidation sites excluding steroid dienone is 1. The van der Waals surface area contributed by atoms with Crippen molar-refractivity contribution in [3.05, 3.63) is 24.3 Å². The van der Waals surface area contributed by atoms with E-state index in [2.05, 4.69) is 44.5 Å². The minimum absolute atomic E-state index is 0.355. The molecule has 20 heavy (non-hydrogen) atoms. The third-order valence-corrected chi connectivity index (χ3v) is 4.87. The van der Waals surface area contributed by atoms with Crippen molar-refractivity contribution in [1.29, 1.82) is 0 Å². The van der Waals surface area contributed by atoms with Crippen molar-refractivity contribution in [2.45, 2.75) is 54.6 Å². The molecule has 106 valence electrons. The van der Waals surface area contributed by atoms with Crippen LogP contribution in [0.5, 0.6) is 0 Å². The lowest BCUT2D eigenvalue weighted by Gasteiger charge is -2.05. The SMILES string of the molecule is C=CCn1c(Sc2nc(C(C)C)ns2)nnc1C1CC1. The summed E-state index contributed by atoms with van der Waals surface area (Å²) >= 11 is 2.97. The van der Waals surface area contributed by atoms with E-state index in [1.54, 1.807) is 11.8 Å². The molecule has 0 N–H and O–H groups in total. The van der Waals surface area contributed by atoms with E-state index in [9.17, 15) is 0 Å². The summed E-state index contributed by atoms with van der Waals surface area (Å²) in [5.74, 6) is 2.92. The van der Waals surface area contributed by atoms with Gasteiger partial charge in [-0.05, 0) is 36.1 Å². The van der Waals surface area contributed by atoms with Crippen LogP contribution in [0.4, 0.5) is 0 Å². The Bertz CT molecular complexity index is 612. The maximum Gasteiger partial charge on any atom is 0.198 e. The Balaban J connectivity index is 1.83. The molecule has 7 heteroatoms. The van der Waals surface area contributed by atoms with Gasteiger partial charge in [0.25, 0.3) is 0 Å². The summed E-state index contributed by atoms with van der Waals surface area (Å²) in [6.07, 6.45) is 4.32. The van der Waals surface area contributed by atoms with Crippen LogP contribution in [0.25, 0.3) is 0 Å². The van der Waals surface area contributed by atoms with Gasteiger partial charge >= 0.3 is 0 Å². The van der Waals surface area contributed by atoms with Crippen molar-refractivity contribution in [1.82, 2.24) is 24.1 Å². The zero-order valence-electron chi connectivity index (χ0n) is 11.6. The normalized spacial score (nSPS) is 14.9. The molecule has 0 radical (unpaired) electrons. The van der Waals surface area contributed by atoms with Gasteiger partial charge in [0, 0.05) is 18.4 Å². The Morgan fingerprint density at radius 3 is 2.85 bits per heavy atom. The average Bonchev–Trinajstić information content (AvgIpc) is 3.02. The molecule has 1 fully saturated rings. The first-order valence-corrected chi connectivity index (χ1v) is 8.33. The minimum Gasteiger partial charge on any atom is -0.302 e. The first-order valence-electron chi connectivity index (χ1n) is 6.74. The van der Waals surface area contributed by atoms with Crippen molar-refractivity contribution in [2.24, 2.45) is 0 Å². The van der Waals surface area contributed by atoms with E-state index in [-0.39, 0.29) is 0 Å². The maximum absolute atomic E-state index is 4.54. The molecule has 1 aliphatic carbocycles. The molecular weight excluding hydrogens is 290 g/mol. The van der Waals surface area contributed by atoms with Crippen LogP contribution < -0.4 is 0 Å². The zero-order valence-corrected chi connectivity index (χ0v) is 13.2. The van der Waals surface area contributed by atoms with Gasteiger partial charge in [0.2, 0.25) is 0 Å². The van der Waals surface area contributed by atoms with Gasteiger partial charge < -0.3 is 4.57 Å². The second-order valence-corrected chi connectivity index (χ2v) is 7.16. The third kappa shape index (κ3) is 2.78. The van der Waals surface area contributed by atoms with Crippen LogP contribution in [0.2, 0.25) is 0 Å². The second kappa shape index (κ2) is 5.65. The van der Waals surface area contributed by atoms with E-state index in [1.807, 2.05) is 6.08 Å². The summed E-state index contributed by atoms with van der Waals surface area (Å²) in [6.45, 7) is 8.77. The van der Waals surface area contributed by atoms with Crippen molar-refractivity contribution in [3.63, 3.8) is 0 Å². The Morgan fingerprint density at radius 1 is 1.45 bits per heavy atom. The highest BCUT2D eigenvalue weighted by atomic mass is 32.2. The highest BCUT2D eigenvalue weighted by Crippen LogP contribution is 2.40. The van der Waals surface area contributed by atoms with Crippen LogP contribution in [-0.2, 0) is 6.54 Å². The van der Waals surface area contributed by atoms with Crippen LogP contribution in [0.1, 0.15) is 50.2 Å². The molecule has 1 saturated carbocycles. The lowest BCUT2D eigenvalue weighted by Crippen LogP contribution is -2.02. The summed E-state index contributed by atoms with van der Waals surface area (Å²) in [4.78, 5) is 4.54. The van der Waals surface area contributed by atoms with E-state index >= 15 is 0 Å². The molecule has 0 amide bonds. The molecule has 0 spiro atoms. The lowest BCUT2D eigenvalue weighted by atomic mass is 10.2. The maximum atomic E-state index is 4.54. The van der Waals surface area contributed by atoms with Gasteiger partial charge in [-0.1, -0.05) is 19.9 Å². The molecule has 2 aromatic rings. The lowest BCUT2D eigenvalue weighted by molar-refractivity contribution is 0.681. The highest BCUT2D eigenvalue weighted by molar-refractivity contribution is 8.00. The Labute approximate surface area is 126 Å². The van der Waals surface area contributed by atoms with Crippen LogP contribution in [0.15, 0.2) is 22.2 Å². The molecular formula is C13H17N5S2. The Hall–Kier alpha value is -1.21. The number of hydrogen-bond donors (Lipinski definition) is 0. The Kier molecular flexibility index (Phi) is 3.89. The van der Waals surface area contributed by atoms with Gasteiger partial charge in [-0.2, -0.15) is 4.37 Å². The van der Waals surface area contributed by atoms with Crippen LogP contribution in [0, 0.1) is 0 Å². The highest BCUT2D eigenvalue weighted by Gasteiger charge is 2.30. The number of hydrogen-bond acceptors (Lipinski definition) is 6. The van der Waals surface area contributed by atoms with Gasteiger partial charge in [-0.15, -0.1) is 16.8 Å². The molecule has 2 aromatic heterocycles. The number of aromatic nitrogens is 5. The molecule has 5 nitrogen and oxygen atoms in total. The first kappa shape index (κ1) is 13.8. The number of rotatable bonds is 6. The fourth-order valence-corrected chi connectivity index (χ4v) is 3.59. The average molecular weight is 307 g/mol. The van der Waals surface area contributed by atoms with Crippen LogP contribution >= 0.6 is 23.3 Å². The largest absolute Gasteiger partial charge is 0.302 e. The van der Waals surface area contributed by atoms with Gasteiger partial charge in [0.05, 0.1) is 0 Å².